The maximum atomic E-state index is 13.8. The molecule has 0 fully saturated rings. The highest BCUT2D eigenvalue weighted by Gasteiger charge is 2.49. The predicted molar refractivity (Wildman–Crippen MR) is 63.3 cm³/mol. The minimum atomic E-state index is -1.94. The zero-order valence-electron chi connectivity index (χ0n) is 10.7. The smallest absolute Gasteiger partial charge is 0.250 e. The quantitative estimate of drug-likeness (QED) is 0.865. The summed E-state index contributed by atoms with van der Waals surface area (Å²) >= 11 is 0. The zero-order chi connectivity index (χ0) is 15.1. The SMILES string of the molecule is CC(=O)NC1=C(O)C(=O)C(C)(c2cccc(F)c2F)O1. The number of halogens is 2. The topological polar surface area (TPSA) is 75.6 Å². The molecule has 1 unspecified atom stereocenters. The van der Waals surface area contributed by atoms with Gasteiger partial charge in [0.1, 0.15) is 0 Å². The second-order valence-electron chi connectivity index (χ2n) is 4.42. The van der Waals surface area contributed by atoms with E-state index in [9.17, 15) is 23.5 Å². The van der Waals surface area contributed by atoms with E-state index < -0.39 is 40.6 Å². The van der Waals surface area contributed by atoms with Crippen molar-refractivity contribution in [2.24, 2.45) is 0 Å². The van der Waals surface area contributed by atoms with Crippen LogP contribution in [-0.2, 0) is 19.9 Å². The van der Waals surface area contributed by atoms with Crippen LogP contribution in [0.4, 0.5) is 8.78 Å². The van der Waals surface area contributed by atoms with Gasteiger partial charge in [0.2, 0.25) is 23.2 Å². The van der Waals surface area contributed by atoms with E-state index in [0.717, 1.165) is 13.0 Å². The highest BCUT2D eigenvalue weighted by atomic mass is 19.2. The number of nitrogens with one attached hydrogen (secondary N) is 1. The molecule has 2 N–H and O–H groups in total. The highest BCUT2D eigenvalue weighted by Crippen LogP contribution is 2.38. The fourth-order valence-electron chi connectivity index (χ4n) is 1.92. The Morgan fingerprint density at radius 2 is 2.05 bits per heavy atom. The van der Waals surface area contributed by atoms with Gasteiger partial charge in [-0.25, -0.2) is 8.78 Å². The van der Waals surface area contributed by atoms with Crippen molar-refractivity contribution in [3.8, 4) is 0 Å². The lowest BCUT2D eigenvalue weighted by Crippen LogP contribution is -2.33. The molecule has 0 saturated carbocycles. The summed E-state index contributed by atoms with van der Waals surface area (Å²) < 4.78 is 32.2. The lowest BCUT2D eigenvalue weighted by molar-refractivity contribution is -0.133. The van der Waals surface area contributed by atoms with Crippen LogP contribution in [0.5, 0.6) is 0 Å². The number of aliphatic hydroxyl groups is 1. The first-order valence-electron chi connectivity index (χ1n) is 5.66. The van der Waals surface area contributed by atoms with E-state index in [4.69, 9.17) is 4.74 Å². The van der Waals surface area contributed by atoms with E-state index in [0.29, 0.717) is 0 Å². The third-order valence-corrected chi connectivity index (χ3v) is 2.92. The predicted octanol–water partition coefficient (Wildman–Crippen LogP) is 1.64. The Morgan fingerprint density at radius 3 is 2.65 bits per heavy atom. The molecule has 0 aromatic heterocycles. The van der Waals surface area contributed by atoms with Gasteiger partial charge in [-0.1, -0.05) is 12.1 Å². The summed E-state index contributed by atoms with van der Waals surface area (Å²) in [5.74, 6) is -5.26. The van der Waals surface area contributed by atoms with Crippen molar-refractivity contribution in [2.45, 2.75) is 19.4 Å². The van der Waals surface area contributed by atoms with Gasteiger partial charge in [-0.15, -0.1) is 0 Å². The summed E-state index contributed by atoms with van der Waals surface area (Å²) in [6, 6.07) is 3.27. The van der Waals surface area contributed by atoms with Crippen molar-refractivity contribution < 1.29 is 28.2 Å². The Hall–Kier alpha value is -2.44. The van der Waals surface area contributed by atoms with Gasteiger partial charge in [0.25, 0.3) is 5.78 Å². The first kappa shape index (κ1) is 14.0. The van der Waals surface area contributed by atoms with E-state index in [1.165, 1.54) is 19.1 Å². The lowest BCUT2D eigenvalue weighted by atomic mass is 9.91. The highest BCUT2D eigenvalue weighted by molar-refractivity contribution is 6.03. The van der Waals surface area contributed by atoms with E-state index >= 15 is 0 Å². The van der Waals surface area contributed by atoms with E-state index in [1.807, 2.05) is 0 Å². The summed E-state index contributed by atoms with van der Waals surface area (Å²) in [5, 5.41) is 11.8. The molecule has 5 nitrogen and oxygen atoms in total. The molecule has 1 heterocycles. The molecule has 1 aliphatic rings. The van der Waals surface area contributed by atoms with Crippen molar-refractivity contribution >= 4 is 11.7 Å². The number of hydrogen-bond donors (Lipinski definition) is 2. The van der Waals surface area contributed by atoms with Crippen LogP contribution in [0.3, 0.4) is 0 Å². The number of aliphatic hydroxyl groups excluding tert-OH is 1. The fraction of sp³-hybridized carbons (Fsp3) is 0.231. The first-order chi connectivity index (χ1) is 9.27. The third kappa shape index (κ3) is 2.01. The molecule has 1 aromatic rings. The van der Waals surface area contributed by atoms with Gasteiger partial charge in [0.05, 0.1) is 0 Å². The number of rotatable bonds is 2. The summed E-state index contributed by atoms with van der Waals surface area (Å²) in [6.07, 6.45) is 0. The Bertz CT molecular complexity index is 641. The summed E-state index contributed by atoms with van der Waals surface area (Å²) in [7, 11) is 0. The maximum absolute atomic E-state index is 13.8. The van der Waals surface area contributed by atoms with Crippen molar-refractivity contribution in [1.29, 1.82) is 0 Å². The van der Waals surface area contributed by atoms with Crippen molar-refractivity contribution in [3.05, 3.63) is 47.0 Å². The molecule has 1 atom stereocenters. The lowest BCUT2D eigenvalue weighted by Gasteiger charge is -2.24. The molecule has 1 aliphatic heterocycles. The molecule has 20 heavy (non-hydrogen) atoms. The van der Waals surface area contributed by atoms with Gasteiger partial charge in [0.15, 0.2) is 11.6 Å². The summed E-state index contributed by atoms with van der Waals surface area (Å²) in [4.78, 5) is 22.9. The van der Waals surface area contributed by atoms with E-state index in [1.54, 1.807) is 0 Å². The molecule has 106 valence electrons. The van der Waals surface area contributed by atoms with Gasteiger partial charge in [-0.3, -0.25) is 14.9 Å². The Balaban J connectivity index is 2.46. The van der Waals surface area contributed by atoms with Crippen molar-refractivity contribution in [3.63, 3.8) is 0 Å². The number of hydrogen-bond acceptors (Lipinski definition) is 4. The van der Waals surface area contributed by atoms with Crippen LogP contribution in [0.25, 0.3) is 0 Å². The van der Waals surface area contributed by atoms with Crippen LogP contribution in [0.15, 0.2) is 29.8 Å². The molecule has 0 spiro atoms. The Labute approximate surface area is 112 Å². The first-order valence-corrected chi connectivity index (χ1v) is 5.66. The maximum Gasteiger partial charge on any atom is 0.250 e. The molecule has 0 radical (unpaired) electrons. The van der Waals surface area contributed by atoms with Crippen molar-refractivity contribution in [1.82, 2.24) is 5.32 Å². The molecule has 7 heteroatoms. The monoisotopic (exact) mass is 283 g/mol. The number of Topliss-reactive ketones (excluding diaryl/α,β-unsaturated/α-hetero) is 1. The molecule has 0 saturated heterocycles. The number of carbonyl (C=O) groups excluding carboxylic acids is 2. The molecule has 0 bridgehead atoms. The fourth-order valence-corrected chi connectivity index (χ4v) is 1.92. The molecule has 1 aromatic carbocycles. The summed E-state index contributed by atoms with van der Waals surface area (Å²) in [6.45, 7) is 2.32. The van der Waals surface area contributed by atoms with Gasteiger partial charge in [-0.05, 0) is 13.0 Å². The number of ketones is 1. The third-order valence-electron chi connectivity index (χ3n) is 2.92. The standard InChI is InChI=1S/C13H11F2NO4/c1-6(17)16-12-10(18)11(19)13(2,20-12)7-4-3-5-8(14)9(7)15/h3-5,18H,1-2H3,(H,16,17). The average molecular weight is 283 g/mol. The van der Waals surface area contributed by atoms with Gasteiger partial charge >= 0.3 is 0 Å². The van der Waals surface area contributed by atoms with Gasteiger partial charge in [0, 0.05) is 12.5 Å². The molecular formula is C13H11F2NO4. The van der Waals surface area contributed by atoms with Crippen molar-refractivity contribution in [2.75, 3.05) is 0 Å². The number of carbonyl (C=O) groups is 2. The molecular weight excluding hydrogens is 272 g/mol. The largest absolute Gasteiger partial charge is 0.501 e. The van der Waals surface area contributed by atoms with Crippen LogP contribution in [0.1, 0.15) is 19.4 Å². The number of ether oxygens (including phenoxy) is 1. The Kier molecular flexibility index (Phi) is 3.21. The number of benzene rings is 1. The average Bonchev–Trinajstić information content (AvgIpc) is 2.58. The molecule has 0 aliphatic carbocycles. The van der Waals surface area contributed by atoms with Gasteiger partial charge < -0.3 is 9.84 Å². The number of amides is 1. The zero-order valence-corrected chi connectivity index (χ0v) is 10.7. The van der Waals surface area contributed by atoms with E-state index in [-0.39, 0.29) is 5.56 Å². The summed E-state index contributed by atoms with van der Waals surface area (Å²) in [5.41, 5.74) is -2.30. The van der Waals surface area contributed by atoms with Crippen LogP contribution in [0, 0.1) is 11.6 Å². The minimum Gasteiger partial charge on any atom is -0.501 e. The molecule has 1 amide bonds. The second-order valence-corrected chi connectivity index (χ2v) is 4.42. The van der Waals surface area contributed by atoms with Crippen LogP contribution < -0.4 is 5.32 Å². The Morgan fingerprint density at radius 1 is 1.40 bits per heavy atom. The minimum absolute atomic E-state index is 0.366. The normalized spacial score (nSPS) is 21.9. The molecule has 2 rings (SSSR count). The second kappa shape index (κ2) is 4.59. The van der Waals surface area contributed by atoms with E-state index in [2.05, 4.69) is 5.32 Å². The van der Waals surface area contributed by atoms with Gasteiger partial charge in [-0.2, -0.15) is 0 Å². The van der Waals surface area contributed by atoms with Crippen LogP contribution >= 0.6 is 0 Å². The van der Waals surface area contributed by atoms with Crippen LogP contribution in [0.2, 0.25) is 0 Å². The van der Waals surface area contributed by atoms with Crippen LogP contribution in [-0.4, -0.2) is 16.8 Å².